The Balaban J connectivity index is 3.09. The van der Waals surface area contributed by atoms with Crippen molar-refractivity contribution in [2.45, 2.75) is 0 Å². The molecule has 0 bridgehead atoms. The molecule has 0 aromatic heterocycles. The van der Waals surface area contributed by atoms with Crippen LogP contribution in [0.5, 0.6) is 0 Å². The average Bonchev–Trinajstić information content (AvgIpc) is 2.18. The van der Waals surface area contributed by atoms with E-state index in [0.717, 1.165) is 0 Å². The summed E-state index contributed by atoms with van der Waals surface area (Å²) in [5.74, 6) is -2.18. The number of hydrogen-bond acceptors (Lipinski definition) is 3. The van der Waals surface area contributed by atoms with Gasteiger partial charge in [0.1, 0.15) is 6.54 Å². The molecule has 5 nitrogen and oxygen atoms in total. The summed E-state index contributed by atoms with van der Waals surface area (Å²) < 4.78 is 1.23. The molecular formula is C9H7Br2NO4. The second-order valence-corrected chi connectivity index (χ2v) is 4.57. The fraction of sp³-hybridized carbons (Fsp3) is 0.111. The van der Waals surface area contributed by atoms with Crippen molar-refractivity contribution in [2.24, 2.45) is 0 Å². The standard InChI is InChI=1S/C9H7Br2NO4/c10-5-1-4(9(15)16)7(2-6(5)11)12-3-8(13)14/h1-2,12H,3H2,(H,13,14)(H,15,16). The Morgan fingerprint density at radius 1 is 1.19 bits per heavy atom. The fourth-order valence-electron chi connectivity index (χ4n) is 1.04. The monoisotopic (exact) mass is 351 g/mol. The van der Waals surface area contributed by atoms with Gasteiger partial charge in [-0.15, -0.1) is 0 Å². The highest BCUT2D eigenvalue weighted by atomic mass is 79.9. The maximum atomic E-state index is 10.9. The molecule has 0 unspecified atom stereocenters. The van der Waals surface area contributed by atoms with Gasteiger partial charge < -0.3 is 15.5 Å². The van der Waals surface area contributed by atoms with Crippen LogP contribution in [0.1, 0.15) is 10.4 Å². The molecule has 86 valence electrons. The van der Waals surface area contributed by atoms with Gasteiger partial charge in [-0.3, -0.25) is 4.79 Å². The Hall–Kier alpha value is -1.08. The van der Waals surface area contributed by atoms with Crippen molar-refractivity contribution in [3.8, 4) is 0 Å². The lowest BCUT2D eigenvalue weighted by atomic mass is 10.2. The molecule has 16 heavy (non-hydrogen) atoms. The van der Waals surface area contributed by atoms with Gasteiger partial charge in [0.2, 0.25) is 0 Å². The highest BCUT2D eigenvalue weighted by molar-refractivity contribution is 9.13. The molecule has 0 aliphatic carbocycles. The first-order valence-electron chi connectivity index (χ1n) is 4.10. The number of aromatic carboxylic acids is 1. The number of rotatable bonds is 4. The molecule has 0 fully saturated rings. The maximum absolute atomic E-state index is 10.9. The quantitative estimate of drug-likeness (QED) is 0.774. The van der Waals surface area contributed by atoms with Crippen molar-refractivity contribution < 1.29 is 19.8 Å². The van der Waals surface area contributed by atoms with E-state index in [1.807, 2.05) is 0 Å². The lowest BCUT2D eigenvalue weighted by Crippen LogP contribution is -2.14. The van der Waals surface area contributed by atoms with Crippen LogP contribution in [0.25, 0.3) is 0 Å². The van der Waals surface area contributed by atoms with Gasteiger partial charge in [0.15, 0.2) is 0 Å². The second-order valence-electron chi connectivity index (χ2n) is 2.86. The third kappa shape index (κ3) is 3.21. The van der Waals surface area contributed by atoms with Crippen molar-refractivity contribution in [1.82, 2.24) is 0 Å². The molecule has 0 spiro atoms. The summed E-state index contributed by atoms with van der Waals surface area (Å²) in [6, 6.07) is 2.91. The molecule has 0 aliphatic rings. The first-order valence-corrected chi connectivity index (χ1v) is 5.68. The van der Waals surface area contributed by atoms with Crippen LogP contribution in [-0.2, 0) is 4.79 Å². The summed E-state index contributed by atoms with van der Waals surface area (Å²) in [6.07, 6.45) is 0. The van der Waals surface area contributed by atoms with E-state index in [1.54, 1.807) is 0 Å². The molecule has 0 saturated carbocycles. The number of carbonyl (C=O) groups is 2. The largest absolute Gasteiger partial charge is 0.480 e. The molecule has 0 aliphatic heterocycles. The van der Waals surface area contributed by atoms with E-state index in [1.165, 1.54) is 12.1 Å². The molecule has 7 heteroatoms. The van der Waals surface area contributed by atoms with Crippen molar-refractivity contribution in [1.29, 1.82) is 0 Å². The molecule has 3 N–H and O–H groups in total. The van der Waals surface area contributed by atoms with Crippen LogP contribution in [0.3, 0.4) is 0 Å². The van der Waals surface area contributed by atoms with Crippen LogP contribution in [-0.4, -0.2) is 28.7 Å². The summed E-state index contributed by atoms with van der Waals surface area (Å²) in [7, 11) is 0. The Labute approximate surface area is 108 Å². The van der Waals surface area contributed by atoms with Gasteiger partial charge in [-0.25, -0.2) is 4.79 Å². The van der Waals surface area contributed by atoms with E-state index in [9.17, 15) is 9.59 Å². The van der Waals surface area contributed by atoms with Crippen LogP contribution in [0.4, 0.5) is 5.69 Å². The Kier molecular flexibility index (Phi) is 4.31. The van der Waals surface area contributed by atoms with Crippen molar-refractivity contribution in [3.63, 3.8) is 0 Å². The molecular weight excluding hydrogens is 346 g/mol. The van der Waals surface area contributed by atoms with E-state index < -0.39 is 11.9 Å². The van der Waals surface area contributed by atoms with Gasteiger partial charge in [-0.05, 0) is 44.0 Å². The molecule has 0 amide bonds. The van der Waals surface area contributed by atoms with Crippen molar-refractivity contribution >= 4 is 49.5 Å². The van der Waals surface area contributed by atoms with Crippen molar-refractivity contribution in [2.75, 3.05) is 11.9 Å². The topological polar surface area (TPSA) is 86.6 Å². The smallest absolute Gasteiger partial charge is 0.337 e. The second kappa shape index (κ2) is 5.31. The van der Waals surface area contributed by atoms with E-state index in [0.29, 0.717) is 8.95 Å². The summed E-state index contributed by atoms with van der Waals surface area (Å²) in [4.78, 5) is 21.3. The lowest BCUT2D eigenvalue weighted by Gasteiger charge is -2.09. The van der Waals surface area contributed by atoms with Crippen LogP contribution in [0, 0.1) is 0 Å². The normalized spacial score (nSPS) is 9.88. The number of halogens is 2. The predicted octanol–water partition coefficient (Wildman–Crippen LogP) is 2.41. The maximum Gasteiger partial charge on any atom is 0.337 e. The van der Waals surface area contributed by atoms with Gasteiger partial charge in [-0.2, -0.15) is 0 Å². The van der Waals surface area contributed by atoms with Gasteiger partial charge in [0, 0.05) is 8.95 Å². The minimum atomic E-state index is -1.12. The molecule has 0 saturated heterocycles. The van der Waals surface area contributed by atoms with Gasteiger partial charge >= 0.3 is 11.9 Å². The number of carboxylic acids is 2. The number of hydrogen-bond donors (Lipinski definition) is 3. The minimum Gasteiger partial charge on any atom is -0.480 e. The first kappa shape index (κ1) is 13.0. The van der Waals surface area contributed by atoms with Crippen molar-refractivity contribution in [3.05, 3.63) is 26.6 Å². The third-order valence-corrected chi connectivity index (χ3v) is 3.57. The van der Waals surface area contributed by atoms with Gasteiger partial charge in [0.05, 0.1) is 11.3 Å². The Morgan fingerprint density at radius 3 is 2.25 bits per heavy atom. The summed E-state index contributed by atoms with van der Waals surface area (Å²) >= 11 is 6.38. The van der Waals surface area contributed by atoms with Gasteiger partial charge in [0.25, 0.3) is 0 Å². The van der Waals surface area contributed by atoms with E-state index >= 15 is 0 Å². The third-order valence-electron chi connectivity index (χ3n) is 1.72. The number of nitrogens with one attached hydrogen (secondary N) is 1. The minimum absolute atomic E-state index is 0.0105. The SMILES string of the molecule is O=C(O)CNc1cc(Br)c(Br)cc1C(=O)O. The zero-order chi connectivity index (χ0) is 12.3. The van der Waals surface area contributed by atoms with Crippen LogP contribution >= 0.6 is 31.9 Å². The van der Waals surface area contributed by atoms with Crippen LogP contribution < -0.4 is 5.32 Å². The molecule has 1 aromatic carbocycles. The number of aliphatic carboxylic acids is 1. The van der Waals surface area contributed by atoms with E-state index in [4.69, 9.17) is 10.2 Å². The Bertz CT molecular complexity index is 447. The summed E-state index contributed by atoms with van der Waals surface area (Å²) in [6.45, 7) is -0.339. The molecule has 1 aromatic rings. The average molecular weight is 353 g/mol. The van der Waals surface area contributed by atoms with Gasteiger partial charge in [-0.1, -0.05) is 0 Å². The lowest BCUT2D eigenvalue weighted by molar-refractivity contribution is -0.134. The van der Waals surface area contributed by atoms with E-state index in [2.05, 4.69) is 37.2 Å². The number of anilines is 1. The molecule has 0 atom stereocenters. The number of carboxylic acid groups (broad SMARTS) is 2. The zero-order valence-electron chi connectivity index (χ0n) is 7.83. The summed E-state index contributed by atoms with van der Waals surface area (Å²) in [5, 5.41) is 20.0. The zero-order valence-corrected chi connectivity index (χ0v) is 11.0. The summed E-state index contributed by atoms with van der Waals surface area (Å²) in [5.41, 5.74) is 0.265. The first-order chi connectivity index (χ1) is 7.41. The van der Waals surface area contributed by atoms with Crippen LogP contribution in [0.15, 0.2) is 21.1 Å². The molecule has 0 radical (unpaired) electrons. The Morgan fingerprint density at radius 2 is 1.75 bits per heavy atom. The molecule has 1 rings (SSSR count). The predicted molar refractivity (Wildman–Crippen MR) is 64.9 cm³/mol. The highest BCUT2D eigenvalue weighted by Crippen LogP contribution is 2.29. The van der Waals surface area contributed by atoms with E-state index in [-0.39, 0.29) is 17.8 Å². The molecule has 0 heterocycles. The van der Waals surface area contributed by atoms with Crippen LogP contribution in [0.2, 0.25) is 0 Å². The highest BCUT2D eigenvalue weighted by Gasteiger charge is 2.13. The number of benzene rings is 1. The fourth-order valence-corrected chi connectivity index (χ4v) is 1.73.